The van der Waals surface area contributed by atoms with E-state index < -0.39 is 9.71 Å². The Labute approximate surface area is 194 Å². The number of carbonyl (C=O) groups excluding carboxylic acids is 1. The van der Waals surface area contributed by atoms with Gasteiger partial charge in [-0.1, -0.05) is 11.6 Å². The van der Waals surface area contributed by atoms with Gasteiger partial charge in [-0.25, -0.2) is 9.00 Å². The molecule has 0 aliphatic carbocycles. The fourth-order valence-electron chi connectivity index (χ4n) is 3.98. The van der Waals surface area contributed by atoms with Crippen LogP contribution in [0, 0.1) is 0 Å². The lowest BCUT2D eigenvalue weighted by molar-refractivity contribution is 0.122. The van der Waals surface area contributed by atoms with Crippen LogP contribution in [0.2, 0.25) is 5.02 Å². The summed E-state index contributed by atoms with van der Waals surface area (Å²) in [6.45, 7) is 6.72. The van der Waals surface area contributed by atoms with Crippen LogP contribution < -0.4 is 9.62 Å². The van der Waals surface area contributed by atoms with Crippen molar-refractivity contribution in [3.63, 3.8) is 0 Å². The molecule has 0 radical (unpaired) electrons. The first kappa shape index (κ1) is 22.9. The molecule has 2 aliphatic heterocycles. The minimum absolute atomic E-state index is 0.193. The Morgan fingerprint density at radius 1 is 1.19 bits per heavy atom. The highest BCUT2D eigenvalue weighted by Crippen LogP contribution is 2.27. The fraction of sp³-hybridized carbons (Fsp3) is 0.476. The predicted molar refractivity (Wildman–Crippen MR) is 129 cm³/mol. The van der Waals surface area contributed by atoms with Gasteiger partial charge in [-0.2, -0.15) is 4.68 Å². The molecule has 2 aromatic rings. The molecule has 0 spiro atoms. The van der Waals surface area contributed by atoms with Crippen molar-refractivity contribution >= 4 is 44.7 Å². The topological polar surface area (TPSA) is 82.9 Å². The second-order valence-corrected chi connectivity index (χ2v) is 10.8. The largest absolute Gasteiger partial charge is 0.378 e. The summed E-state index contributed by atoms with van der Waals surface area (Å²) in [6, 6.07) is 7.49. The van der Waals surface area contributed by atoms with Crippen LogP contribution in [0.4, 0.5) is 16.3 Å². The summed E-state index contributed by atoms with van der Waals surface area (Å²) in [5.41, 5.74) is 2.39. The van der Waals surface area contributed by atoms with Crippen molar-refractivity contribution in [1.82, 2.24) is 19.6 Å². The predicted octanol–water partition coefficient (Wildman–Crippen LogP) is 1.83. The van der Waals surface area contributed by atoms with Crippen LogP contribution in [-0.4, -0.2) is 94.4 Å². The maximum absolute atomic E-state index is 12.8. The van der Waals surface area contributed by atoms with Crippen molar-refractivity contribution < 1.29 is 13.7 Å². The number of hydrogen-bond donors (Lipinski definition) is 1. The summed E-state index contributed by atoms with van der Waals surface area (Å²) >= 11 is 6.30. The first-order chi connectivity index (χ1) is 15.3. The van der Waals surface area contributed by atoms with Gasteiger partial charge in [0.2, 0.25) is 0 Å². The van der Waals surface area contributed by atoms with Crippen LogP contribution in [0.15, 0.2) is 30.5 Å². The van der Waals surface area contributed by atoms with E-state index in [9.17, 15) is 9.00 Å². The van der Waals surface area contributed by atoms with Crippen molar-refractivity contribution in [2.45, 2.75) is 6.54 Å². The van der Waals surface area contributed by atoms with Gasteiger partial charge in [-0.15, -0.1) is 5.10 Å². The number of benzene rings is 1. The van der Waals surface area contributed by atoms with Crippen LogP contribution in [0.5, 0.6) is 0 Å². The summed E-state index contributed by atoms with van der Waals surface area (Å²) < 4.78 is 21.3. The molecule has 1 aromatic carbocycles. The number of aromatic nitrogens is 2. The zero-order valence-electron chi connectivity index (χ0n) is 18.2. The van der Waals surface area contributed by atoms with Gasteiger partial charge in [0.05, 0.1) is 13.2 Å². The summed E-state index contributed by atoms with van der Waals surface area (Å²) in [6.07, 6.45) is 3.06. The van der Waals surface area contributed by atoms with Gasteiger partial charge in [-0.05, 0) is 29.6 Å². The second kappa shape index (κ2) is 9.70. The Bertz CT molecular complexity index is 1060. The van der Waals surface area contributed by atoms with Crippen molar-refractivity contribution in [2.24, 2.45) is 0 Å². The van der Waals surface area contributed by atoms with Gasteiger partial charge in [0.1, 0.15) is 0 Å². The summed E-state index contributed by atoms with van der Waals surface area (Å²) in [4.78, 5) is 19.3. The number of piperazine rings is 1. The van der Waals surface area contributed by atoms with E-state index in [0.717, 1.165) is 51.0 Å². The zero-order chi connectivity index (χ0) is 22.7. The maximum Gasteiger partial charge on any atom is 0.344 e. The van der Waals surface area contributed by atoms with E-state index in [2.05, 4.69) is 31.6 Å². The van der Waals surface area contributed by atoms with Crippen molar-refractivity contribution in [3.05, 3.63) is 41.0 Å². The molecule has 4 rings (SSSR count). The number of nitrogens with zero attached hydrogens (tertiary/aromatic N) is 5. The molecule has 2 fully saturated rings. The molecule has 1 amide bonds. The second-order valence-electron chi connectivity index (χ2n) is 8.17. The van der Waals surface area contributed by atoms with Crippen LogP contribution >= 0.6 is 11.6 Å². The van der Waals surface area contributed by atoms with Gasteiger partial charge in [0.15, 0.2) is 5.82 Å². The molecule has 174 valence electrons. The maximum atomic E-state index is 12.8. The van der Waals surface area contributed by atoms with Gasteiger partial charge >= 0.3 is 6.03 Å². The van der Waals surface area contributed by atoms with E-state index in [1.807, 2.05) is 12.1 Å². The van der Waals surface area contributed by atoms with Crippen LogP contribution in [0.3, 0.4) is 0 Å². The molecule has 9 nitrogen and oxygen atoms in total. The van der Waals surface area contributed by atoms with Gasteiger partial charge in [0.25, 0.3) is 0 Å². The Balaban J connectivity index is 1.36. The first-order valence-electron chi connectivity index (χ1n) is 10.6. The number of ether oxygens (including phenoxy) is 1. The normalized spacial score (nSPS) is 19.6. The molecular weight excluding hydrogens is 452 g/mol. The van der Waals surface area contributed by atoms with Gasteiger partial charge in [-0.3, -0.25) is 9.62 Å². The molecule has 0 saturated carbocycles. The van der Waals surface area contributed by atoms with E-state index in [1.54, 1.807) is 17.2 Å². The van der Waals surface area contributed by atoms with Crippen LogP contribution in [-0.2, 0) is 21.0 Å². The molecule has 11 heteroatoms. The van der Waals surface area contributed by atoms with Crippen LogP contribution in [0.25, 0.3) is 0 Å². The SMILES string of the molecule is C=S(C)(=O)Nc1ccn(C(=O)N2CCN(Cc3cc(Cl)ccc3N3CCOCC3)CC2)n1. The average Bonchev–Trinajstić information content (AvgIpc) is 3.21. The molecule has 0 bridgehead atoms. The minimum Gasteiger partial charge on any atom is -0.378 e. The summed E-state index contributed by atoms with van der Waals surface area (Å²) in [5, 5.41) is 4.91. The molecule has 1 N–H and O–H groups in total. The number of morpholine rings is 1. The van der Waals surface area contributed by atoms with Crippen molar-refractivity contribution in [2.75, 3.05) is 68.4 Å². The summed E-state index contributed by atoms with van der Waals surface area (Å²) in [7, 11) is -2.44. The smallest absolute Gasteiger partial charge is 0.344 e. The standard InChI is InChI=1S/C21H29ClN6O3S/c1-32(2,30)24-20-5-6-28(23-20)21(29)27-9-7-25(8-10-27)16-17-15-18(22)3-4-19(17)26-11-13-31-14-12-26/h3-6,15H,1,7-14,16H2,2H3,(H,23,24,30). The van der Waals surface area contributed by atoms with E-state index in [0.29, 0.717) is 18.9 Å². The third-order valence-corrected chi connectivity index (χ3v) is 6.41. The number of hydrogen-bond acceptors (Lipinski definition) is 6. The third-order valence-electron chi connectivity index (χ3n) is 5.54. The molecular formula is C21H29ClN6O3S. The molecule has 3 heterocycles. The molecule has 32 heavy (non-hydrogen) atoms. The molecule has 1 unspecified atom stereocenters. The molecule has 2 aliphatic rings. The lowest BCUT2D eigenvalue weighted by Crippen LogP contribution is -2.49. The Morgan fingerprint density at radius 2 is 1.91 bits per heavy atom. The molecule has 1 atom stereocenters. The fourth-order valence-corrected chi connectivity index (χ4v) is 4.73. The van der Waals surface area contributed by atoms with Crippen molar-refractivity contribution in [1.29, 1.82) is 0 Å². The number of rotatable bonds is 5. The number of carbonyl (C=O) groups is 1. The van der Waals surface area contributed by atoms with Gasteiger partial charge < -0.3 is 14.5 Å². The summed E-state index contributed by atoms with van der Waals surface area (Å²) in [5.74, 6) is 3.91. The quantitative estimate of drug-likeness (QED) is 0.657. The number of anilines is 2. The minimum atomic E-state index is -2.44. The monoisotopic (exact) mass is 480 g/mol. The zero-order valence-corrected chi connectivity index (χ0v) is 19.8. The number of halogens is 1. The van der Waals surface area contributed by atoms with E-state index in [-0.39, 0.29) is 6.03 Å². The van der Waals surface area contributed by atoms with E-state index >= 15 is 0 Å². The number of nitrogens with one attached hydrogen (secondary N) is 1. The van der Waals surface area contributed by atoms with E-state index in [1.165, 1.54) is 22.2 Å². The van der Waals surface area contributed by atoms with Gasteiger partial charge in [0, 0.05) is 84.8 Å². The first-order valence-corrected chi connectivity index (χ1v) is 13.1. The lowest BCUT2D eigenvalue weighted by atomic mass is 10.1. The Morgan fingerprint density at radius 3 is 2.59 bits per heavy atom. The third kappa shape index (κ3) is 5.74. The Hall–Kier alpha value is -2.27. The molecule has 1 aromatic heterocycles. The highest BCUT2D eigenvalue weighted by molar-refractivity contribution is 8.00. The molecule has 2 saturated heterocycles. The lowest BCUT2D eigenvalue weighted by Gasteiger charge is -2.36. The van der Waals surface area contributed by atoms with Crippen LogP contribution in [0.1, 0.15) is 5.56 Å². The van der Waals surface area contributed by atoms with E-state index in [4.69, 9.17) is 16.3 Å². The number of amides is 1. The van der Waals surface area contributed by atoms with Crippen molar-refractivity contribution in [3.8, 4) is 0 Å². The highest BCUT2D eigenvalue weighted by atomic mass is 35.5. The highest BCUT2D eigenvalue weighted by Gasteiger charge is 2.24. The average molecular weight is 481 g/mol. The Kier molecular flexibility index (Phi) is 6.94.